The first-order chi connectivity index (χ1) is 15.2. The molecule has 1 saturated carbocycles. The highest BCUT2D eigenvalue weighted by Crippen LogP contribution is 2.39. The summed E-state index contributed by atoms with van der Waals surface area (Å²) < 4.78 is 31.0. The van der Waals surface area contributed by atoms with Gasteiger partial charge in [-0.1, -0.05) is 6.07 Å². The van der Waals surface area contributed by atoms with Crippen LogP contribution in [0.3, 0.4) is 0 Å². The molecule has 2 aromatic rings. The molecular weight excluding hydrogens is 428 g/mol. The van der Waals surface area contributed by atoms with E-state index >= 15 is 0 Å². The third kappa shape index (κ3) is 4.83. The molecule has 2 aliphatic rings. The van der Waals surface area contributed by atoms with E-state index in [1.807, 2.05) is 25.1 Å². The van der Waals surface area contributed by atoms with Gasteiger partial charge in [0.1, 0.15) is 11.5 Å². The predicted octanol–water partition coefficient (Wildman–Crippen LogP) is 3.54. The molecule has 1 fully saturated rings. The second-order valence-electron chi connectivity index (χ2n) is 8.54. The van der Waals surface area contributed by atoms with Crippen LogP contribution in [0.5, 0.6) is 0 Å². The van der Waals surface area contributed by atoms with Gasteiger partial charge in [-0.05, 0) is 43.5 Å². The second-order valence-corrected chi connectivity index (χ2v) is 10.6. The lowest BCUT2D eigenvalue weighted by molar-refractivity contribution is -0.119. The summed E-state index contributed by atoms with van der Waals surface area (Å²) in [6.07, 6.45) is 4.03. The molecule has 4 rings (SSSR count). The largest absolute Gasteiger partial charge is 0.380 e. The van der Waals surface area contributed by atoms with Gasteiger partial charge in [0.05, 0.1) is 41.3 Å². The third-order valence-electron chi connectivity index (χ3n) is 5.71. The van der Waals surface area contributed by atoms with Crippen molar-refractivity contribution >= 4 is 44.3 Å². The van der Waals surface area contributed by atoms with Crippen LogP contribution in [-0.4, -0.2) is 45.3 Å². The number of benzene rings is 1. The summed E-state index contributed by atoms with van der Waals surface area (Å²) in [5, 5.41) is 3.37. The van der Waals surface area contributed by atoms with Gasteiger partial charge in [-0.2, -0.15) is 0 Å². The van der Waals surface area contributed by atoms with Crippen LogP contribution in [0.25, 0.3) is 0 Å². The van der Waals surface area contributed by atoms with Crippen molar-refractivity contribution in [3.05, 3.63) is 41.2 Å². The van der Waals surface area contributed by atoms with Crippen molar-refractivity contribution in [1.82, 2.24) is 4.98 Å². The van der Waals surface area contributed by atoms with Crippen LogP contribution in [0.15, 0.2) is 29.3 Å². The molecule has 0 spiro atoms. The molecule has 0 atom stereocenters. The van der Waals surface area contributed by atoms with Crippen LogP contribution in [-0.2, 0) is 39.0 Å². The van der Waals surface area contributed by atoms with Gasteiger partial charge < -0.3 is 10.1 Å². The number of rotatable bonds is 9. The van der Waals surface area contributed by atoms with E-state index in [9.17, 15) is 13.2 Å². The number of hydrogen-bond acceptors (Lipinski definition) is 7. The molecule has 170 valence electrons. The molecule has 8 nitrogen and oxygen atoms in total. The van der Waals surface area contributed by atoms with Crippen molar-refractivity contribution < 1.29 is 17.9 Å². The molecule has 1 aromatic heterocycles. The number of methoxy groups -OCH3 is 1. The average molecular weight is 457 g/mol. The van der Waals surface area contributed by atoms with Gasteiger partial charge in [-0.15, -0.1) is 0 Å². The SMILES string of the molecule is COCc1ccc(Nc2cc(CC(=O)C3CC3)nc3c2N=C(C)C3)c(N(C)S(C)(=O)=O)c1. The Labute approximate surface area is 188 Å². The Bertz CT molecular complexity index is 1200. The van der Waals surface area contributed by atoms with Gasteiger partial charge in [0.15, 0.2) is 0 Å². The van der Waals surface area contributed by atoms with Crippen molar-refractivity contribution in [2.24, 2.45) is 10.9 Å². The van der Waals surface area contributed by atoms with E-state index in [1.54, 1.807) is 13.2 Å². The minimum atomic E-state index is -3.48. The number of ether oxygens (including phenoxy) is 1. The molecule has 1 aliphatic carbocycles. The lowest BCUT2D eigenvalue weighted by atomic mass is 10.1. The van der Waals surface area contributed by atoms with E-state index in [-0.39, 0.29) is 11.7 Å². The Morgan fingerprint density at radius 3 is 2.66 bits per heavy atom. The van der Waals surface area contributed by atoms with Crippen molar-refractivity contribution in [2.45, 2.75) is 39.2 Å². The van der Waals surface area contributed by atoms with Crippen LogP contribution in [0, 0.1) is 5.92 Å². The summed E-state index contributed by atoms with van der Waals surface area (Å²) >= 11 is 0. The number of hydrogen-bond donors (Lipinski definition) is 1. The lowest BCUT2D eigenvalue weighted by Gasteiger charge is -2.22. The van der Waals surface area contributed by atoms with Crippen molar-refractivity contribution in [2.75, 3.05) is 30.0 Å². The maximum absolute atomic E-state index is 12.4. The first-order valence-corrected chi connectivity index (χ1v) is 12.4. The number of nitrogens with one attached hydrogen (secondary N) is 1. The van der Waals surface area contributed by atoms with E-state index in [0.717, 1.165) is 35.5 Å². The molecule has 0 unspecified atom stereocenters. The zero-order chi connectivity index (χ0) is 23.0. The van der Waals surface area contributed by atoms with E-state index in [1.165, 1.54) is 17.6 Å². The fourth-order valence-electron chi connectivity index (χ4n) is 3.81. The summed E-state index contributed by atoms with van der Waals surface area (Å²) in [6, 6.07) is 7.37. The molecule has 2 heterocycles. The summed E-state index contributed by atoms with van der Waals surface area (Å²) in [5.41, 5.74) is 5.92. The smallest absolute Gasteiger partial charge is 0.232 e. The Kier molecular flexibility index (Phi) is 6.05. The van der Waals surface area contributed by atoms with Gasteiger partial charge in [0, 0.05) is 38.6 Å². The molecule has 1 aromatic carbocycles. The summed E-state index contributed by atoms with van der Waals surface area (Å²) in [4.78, 5) is 21.7. The Balaban J connectivity index is 1.74. The van der Waals surface area contributed by atoms with Gasteiger partial charge in [0.25, 0.3) is 0 Å². The van der Waals surface area contributed by atoms with Crippen LogP contribution in [0.4, 0.5) is 22.7 Å². The monoisotopic (exact) mass is 456 g/mol. The number of pyridine rings is 1. The minimum Gasteiger partial charge on any atom is -0.380 e. The summed E-state index contributed by atoms with van der Waals surface area (Å²) in [6.45, 7) is 2.31. The topological polar surface area (TPSA) is 101 Å². The molecule has 1 N–H and O–H groups in total. The first kappa shape index (κ1) is 22.4. The van der Waals surface area contributed by atoms with Crippen LogP contribution >= 0.6 is 0 Å². The molecule has 0 bridgehead atoms. The van der Waals surface area contributed by atoms with Gasteiger partial charge >= 0.3 is 0 Å². The minimum absolute atomic E-state index is 0.169. The maximum atomic E-state index is 12.4. The predicted molar refractivity (Wildman–Crippen MR) is 126 cm³/mol. The maximum Gasteiger partial charge on any atom is 0.232 e. The number of carbonyl (C=O) groups is 1. The average Bonchev–Trinajstić information content (AvgIpc) is 3.50. The van der Waals surface area contributed by atoms with Crippen molar-refractivity contribution in [3.8, 4) is 0 Å². The van der Waals surface area contributed by atoms with E-state index in [4.69, 9.17) is 9.72 Å². The quantitative estimate of drug-likeness (QED) is 0.619. The Morgan fingerprint density at radius 2 is 2.00 bits per heavy atom. The number of aliphatic imine (C=N–C) groups is 1. The molecular formula is C23H28N4O4S. The van der Waals surface area contributed by atoms with Crippen LogP contribution in [0.2, 0.25) is 0 Å². The molecule has 9 heteroatoms. The van der Waals surface area contributed by atoms with Crippen LogP contribution < -0.4 is 9.62 Å². The number of nitrogens with zero attached hydrogens (tertiary/aromatic N) is 3. The number of Topliss-reactive ketones (excluding diaryl/α,β-unsaturated/α-hetero) is 1. The lowest BCUT2D eigenvalue weighted by Crippen LogP contribution is -2.25. The summed E-state index contributed by atoms with van der Waals surface area (Å²) in [5.74, 6) is 0.392. The van der Waals surface area contributed by atoms with E-state index in [0.29, 0.717) is 42.2 Å². The van der Waals surface area contributed by atoms with Gasteiger partial charge in [-0.3, -0.25) is 19.1 Å². The highest BCUT2D eigenvalue weighted by Gasteiger charge is 2.30. The van der Waals surface area contributed by atoms with Gasteiger partial charge in [0.2, 0.25) is 10.0 Å². The fraction of sp³-hybridized carbons (Fsp3) is 0.435. The van der Waals surface area contributed by atoms with Crippen molar-refractivity contribution in [1.29, 1.82) is 0 Å². The normalized spacial score (nSPS) is 15.3. The zero-order valence-electron chi connectivity index (χ0n) is 18.8. The number of aromatic nitrogens is 1. The first-order valence-electron chi connectivity index (χ1n) is 10.6. The Morgan fingerprint density at radius 1 is 1.25 bits per heavy atom. The molecule has 0 amide bonds. The number of carbonyl (C=O) groups excluding carboxylic acids is 1. The molecule has 0 saturated heterocycles. The highest BCUT2D eigenvalue weighted by molar-refractivity contribution is 7.92. The zero-order valence-corrected chi connectivity index (χ0v) is 19.6. The number of sulfonamides is 1. The molecule has 1 aliphatic heterocycles. The van der Waals surface area contributed by atoms with E-state index in [2.05, 4.69) is 10.3 Å². The highest BCUT2D eigenvalue weighted by atomic mass is 32.2. The molecule has 32 heavy (non-hydrogen) atoms. The van der Waals surface area contributed by atoms with Crippen molar-refractivity contribution in [3.63, 3.8) is 0 Å². The number of fused-ring (bicyclic) bond motifs is 1. The number of anilines is 3. The fourth-order valence-corrected chi connectivity index (χ4v) is 4.32. The van der Waals surface area contributed by atoms with E-state index < -0.39 is 10.0 Å². The Hall–Kier alpha value is -2.78. The van der Waals surface area contributed by atoms with Crippen LogP contribution in [0.1, 0.15) is 36.7 Å². The number of ketones is 1. The molecule has 0 radical (unpaired) electrons. The van der Waals surface area contributed by atoms with Gasteiger partial charge in [-0.25, -0.2) is 8.42 Å². The summed E-state index contributed by atoms with van der Waals surface area (Å²) in [7, 11) is -0.368. The third-order valence-corrected chi connectivity index (χ3v) is 6.90. The standard InChI is InChI=1S/C23H28N4O4S/c1-14-9-19-23(24-14)20(11-17(25-19)12-22(28)16-6-7-16)26-18-8-5-15(13-31-3)10-21(18)27(2)32(4,29)30/h5,8,10-11,16H,6-7,9,12-13H2,1-4H3,(H,25,26). The second kappa shape index (κ2) is 8.63.